The van der Waals surface area contributed by atoms with Gasteiger partial charge in [0.25, 0.3) is 0 Å². The number of hydrogen-bond acceptors (Lipinski definition) is 3. The van der Waals surface area contributed by atoms with Crippen molar-refractivity contribution in [2.45, 2.75) is 32.9 Å². The lowest BCUT2D eigenvalue weighted by Crippen LogP contribution is -2.48. The lowest BCUT2D eigenvalue weighted by atomic mass is 10.1. The summed E-state index contributed by atoms with van der Waals surface area (Å²) in [7, 11) is 0. The largest absolute Gasteiger partial charge is 0.395 e. The van der Waals surface area contributed by atoms with Crippen LogP contribution in [0.2, 0.25) is 0 Å². The van der Waals surface area contributed by atoms with Crippen LogP contribution >= 0.6 is 0 Å². The van der Waals surface area contributed by atoms with Crippen molar-refractivity contribution in [1.82, 2.24) is 9.80 Å². The maximum atomic E-state index is 8.76. The van der Waals surface area contributed by atoms with E-state index in [1.165, 1.54) is 5.56 Å². The van der Waals surface area contributed by atoms with E-state index in [4.69, 9.17) is 5.11 Å². The molecule has 0 radical (unpaired) electrons. The molecule has 2 rings (SSSR count). The van der Waals surface area contributed by atoms with Crippen LogP contribution in [0.3, 0.4) is 0 Å². The minimum atomic E-state index is 0.132. The number of hydrogen-bond donors (Lipinski definition) is 1. The summed E-state index contributed by atoms with van der Waals surface area (Å²) < 4.78 is 0. The molecule has 1 fully saturated rings. The maximum absolute atomic E-state index is 8.76. The number of aliphatic hydroxyl groups excluding tert-OH is 1. The topological polar surface area (TPSA) is 26.7 Å². The number of benzene rings is 1. The fourth-order valence-electron chi connectivity index (χ4n) is 2.66. The van der Waals surface area contributed by atoms with E-state index in [0.717, 1.165) is 38.3 Å². The van der Waals surface area contributed by atoms with Crippen LogP contribution in [0.25, 0.3) is 0 Å². The van der Waals surface area contributed by atoms with Gasteiger partial charge in [-0.15, -0.1) is 0 Å². The molecule has 0 saturated carbocycles. The van der Waals surface area contributed by atoms with Gasteiger partial charge >= 0.3 is 0 Å². The summed E-state index contributed by atoms with van der Waals surface area (Å²) in [5.74, 6) is 6.09. The zero-order valence-electron chi connectivity index (χ0n) is 13.2. The zero-order valence-corrected chi connectivity index (χ0v) is 13.2. The molecule has 0 unspecified atom stereocenters. The second kappa shape index (κ2) is 8.19. The molecule has 21 heavy (non-hydrogen) atoms. The van der Waals surface area contributed by atoms with Gasteiger partial charge in [0.05, 0.1) is 6.61 Å². The second-order valence-electron chi connectivity index (χ2n) is 5.88. The van der Waals surface area contributed by atoms with E-state index in [0.29, 0.717) is 12.5 Å². The van der Waals surface area contributed by atoms with E-state index in [9.17, 15) is 0 Å². The molecule has 0 aromatic heterocycles. The van der Waals surface area contributed by atoms with Crippen LogP contribution in [0.5, 0.6) is 0 Å². The van der Waals surface area contributed by atoms with Crippen molar-refractivity contribution in [3.05, 3.63) is 35.4 Å². The molecule has 114 valence electrons. The van der Waals surface area contributed by atoms with Gasteiger partial charge < -0.3 is 5.11 Å². The molecule has 1 aliphatic heterocycles. The van der Waals surface area contributed by atoms with Crippen molar-refractivity contribution < 1.29 is 5.11 Å². The van der Waals surface area contributed by atoms with E-state index in [2.05, 4.69) is 53.7 Å². The molecule has 0 aliphatic carbocycles. The van der Waals surface area contributed by atoms with E-state index in [1.54, 1.807) is 0 Å². The van der Waals surface area contributed by atoms with Gasteiger partial charge in [0.1, 0.15) is 0 Å². The number of aliphatic hydroxyl groups is 1. The summed E-state index contributed by atoms with van der Waals surface area (Å²) in [6.45, 7) is 10.3. The molecule has 3 heteroatoms. The molecular weight excluding hydrogens is 260 g/mol. The average molecular weight is 286 g/mol. The summed E-state index contributed by atoms with van der Waals surface area (Å²) in [5, 5.41) is 8.76. The summed E-state index contributed by atoms with van der Waals surface area (Å²) in [6.07, 6.45) is 0.543. The van der Waals surface area contributed by atoms with Gasteiger partial charge in [-0.05, 0) is 31.5 Å². The van der Waals surface area contributed by atoms with Crippen molar-refractivity contribution >= 4 is 0 Å². The molecule has 1 aromatic rings. The predicted octanol–water partition coefficient (Wildman–Crippen LogP) is 1.95. The van der Waals surface area contributed by atoms with Gasteiger partial charge in [0, 0.05) is 50.7 Å². The monoisotopic (exact) mass is 286 g/mol. The smallest absolute Gasteiger partial charge is 0.0540 e. The van der Waals surface area contributed by atoms with Crippen LogP contribution in [0.1, 0.15) is 31.4 Å². The molecule has 0 amide bonds. The summed E-state index contributed by atoms with van der Waals surface area (Å²) >= 11 is 0. The van der Waals surface area contributed by atoms with Crippen LogP contribution in [-0.2, 0) is 6.54 Å². The van der Waals surface area contributed by atoms with Gasteiger partial charge in [0.15, 0.2) is 0 Å². The molecule has 1 aliphatic rings. The summed E-state index contributed by atoms with van der Waals surface area (Å²) in [6, 6.07) is 9.09. The van der Waals surface area contributed by atoms with Crippen LogP contribution in [-0.4, -0.2) is 53.7 Å². The SMILES string of the molecule is CC(C)N1CCN(Cc2cccc(C#CCCO)c2)CC1. The van der Waals surface area contributed by atoms with Crippen molar-refractivity contribution in [1.29, 1.82) is 0 Å². The van der Waals surface area contributed by atoms with Crippen LogP contribution < -0.4 is 0 Å². The lowest BCUT2D eigenvalue weighted by molar-refractivity contribution is 0.104. The van der Waals surface area contributed by atoms with Gasteiger partial charge in [-0.1, -0.05) is 24.0 Å². The third-order valence-electron chi connectivity index (χ3n) is 3.94. The Morgan fingerprint density at radius 3 is 2.62 bits per heavy atom. The summed E-state index contributed by atoms with van der Waals surface area (Å²) in [4.78, 5) is 5.05. The molecule has 0 atom stereocenters. The third-order valence-corrected chi connectivity index (χ3v) is 3.94. The second-order valence-corrected chi connectivity index (χ2v) is 5.88. The highest BCUT2D eigenvalue weighted by atomic mass is 16.2. The van der Waals surface area contributed by atoms with Gasteiger partial charge in [-0.25, -0.2) is 0 Å². The van der Waals surface area contributed by atoms with Gasteiger partial charge in [-0.2, -0.15) is 0 Å². The van der Waals surface area contributed by atoms with Crippen molar-refractivity contribution in [2.75, 3.05) is 32.8 Å². The van der Waals surface area contributed by atoms with Crippen LogP contribution in [0.15, 0.2) is 24.3 Å². The number of piperazine rings is 1. The molecule has 0 spiro atoms. The Morgan fingerprint density at radius 1 is 1.19 bits per heavy atom. The fraction of sp³-hybridized carbons (Fsp3) is 0.556. The highest BCUT2D eigenvalue weighted by molar-refractivity contribution is 5.37. The molecule has 1 aromatic carbocycles. The van der Waals surface area contributed by atoms with Gasteiger partial charge in [0.2, 0.25) is 0 Å². The molecule has 1 heterocycles. The Kier molecular flexibility index (Phi) is 6.25. The molecule has 1 saturated heterocycles. The minimum absolute atomic E-state index is 0.132. The summed E-state index contributed by atoms with van der Waals surface area (Å²) in [5.41, 5.74) is 2.37. The van der Waals surface area contributed by atoms with Gasteiger partial charge in [-0.3, -0.25) is 9.80 Å². The Balaban J connectivity index is 1.89. The first-order valence-electron chi connectivity index (χ1n) is 7.84. The maximum Gasteiger partial charge on any atom is 0.0540 e. The standard InChI is InChI=1S/C18H26N2O/c1-16(2)20-11-9-19(10-12-20)15-18-8-5-7-17(14-18)6-3-4-13-21/h5,7-8,14,16,21H,4,9-13,15H2,1-2H3. The van der Waals surface area contributed by atoms with Crippen molar-refractivity contribution in [3.63, 3.8) is 0 Å². The molecule has 3 nitrogen and oxygen atoms in total. The normalized spacial score (nSPS) is 16.8. The first-order chi connectivity index (χ1) is 10.2. The average Bonchev–Trinajstić information content (AvgIpc) is 2.48. The Hall–Kier alpha value is -1.34. The first-order valence-corrected chi connectivity index (χ1v) is 7.84. The Morgan fingerprint density at radius 2 is 1.95 bits per heavy atom. The van der Waals surface area contributed by atoms with E-state index < -0.39 is 0 Å². The third kappa shape index (κ3) is 5.17. The van der Waals surface area contributed by atoms with Crippen molar-refractivity contribution in [2.24, 2.45) is 0 Å². The van der Waals surface area contributed by atoms with E-state index in [-0.39, 0.29) is 6.61 Å². The highest BCUT2D eigenvalue weighted by Crippen LogP contribution is 2.11. The lowest BCUT2D eigenvalue weighted by Gasteiger charge is -2.36. The van der Waals surface area contributed by atoms with Crippen molar-refractivity contribution in [3.8, 4) is 11.8 Å². The van der Waals surface area contributed by atoms with Crippen LogP contribution in [0.4, 0.5) is 0 Å². The predicted molar refractivity (Wildman–Crippen MR) is 87.0 cm³/mol. The molecular formula is C18H26N2O. The van der Waals surface area contributed by atoms with E-state index in [1.807, 2.05) is 6.07 Å². The Bertz CT molecular complexity index is 493. The number of rotatable bonds is 4. The molecule has 1 N–H and O–H groups in total. The minimum Gasteiger partial charge on any atom is -0.395 e. The van der Waals surface area contributed by atoms with Crippen LogP contribution in [0, 0.1) is 11.8 Å². The fourth-order valence-corrected chi connectivity index (χ4v) is 2.66. The zero-order chi connectivity index (χ0) is 15.1. The highest BCUT2D eigenvalue weighted by Gasteiger charge is 2.18. The quantitative estimate of drug-likeness (QED) is 0.857. The first kappa shape index (κ1) is 16.0. The Labute approximate surface area is 128 Å². The molecule has 0 bridgehead atoms. The number of nitrogens with zero attached hydrogens (tertiary/aromatic N) is 2. The van der Waals surface area contributed by atoms with E-state index >= 15 is 0 Å².